The summed E-state index contributed by atoms with van der Waals surface area (Å²) in [6.45, 7) is 0. The second-order valence-corrected chi connectivity index (χ2v) is 6.92. The summed E-state index contributed by atoms with van der Waals surface area (Å²) in [6, 6.07) is 2.27. The van der Waals surface area contributed by atoms with Crippen LogP contribution in [0.4, 0.5) is 0 Å². The van der Waals surface area contributed by atoms with E-state index in [1.165, 1.54) is 30.6 Å². The zero-order valence-electron chi connectivity index (χ0n) is 10.9. The van der Waals surface area contributed by atoms with Gasteiger partial charge in [0.2, 0.25) is 0 Å². The third kappa shape index (κ3) is 2.67. The molecule has 2 heterocycles. The topological polar surface area (TPSA) is 55.1 Å². The van der Waals surface area contributed by atoms with Crippen molar-refractivity contribution in [3.8, 4) is 10.6 Å². The van der Waals surface area contributed by atoms with Gasteiger partial charge in [0.15, 0.2) is 0 Å². The molecule has 1 N–H and O–H groups in total. The number of hydrogen-bond acceptors (Lipinski definition) is 3. The maximum Gasteiger partial charge on any atom is 0.339 e. The lowest BCUT2D eigenvalue weighted by molar-refractivity contribution is 0.0697. The van der Waals surface area contributed by atoms with Gasteiger partial charge in [-0.3, -0.25) is 4.68 Å². The first-order valence-corrected chi connectivity index (χ1v) is 8.39. The molecule has 0 atom stereocenters. The minimum Gasteiger partial charge on any atom is -0.478 e. The van der Waals surface area contributed by atoms with E-state index in [9.17, 15) is 9.90 Å². The molecular formula is C14H15BrN2O2S. The van der Waals surface area contributed by atoms with Crippen LogP contribution in [0.15, 0.2) is 22.1 Å². The highest BCUT2D eigenvalue weighted by Gasteiger charge is 2.23. The molecule has 1 saturated carbocycles. The molecule has 1 aliphatic carbocycles. The first-order valence-electron chi connectivity index (χ1n) is 6.72. The predicted octanol–water partition coefficient (Wildman–Crippen LogP) is 4.58. The van der Waals surface area contributed by atoms with Gasteiger partial charge in [-0.25, -0.2) is 4.79 Å². The Kier molecular flexibility index (Phi) is 3.94. The van der Waals surface area contributed by atoms with Gasteiger partial charge in [0, 0.05) is 16.0 Å². The number of carboxylic acids is 1. The molecule has 3 rings (SSSR count). The molecular weight excluding hydrogens is 340 g/mol. The van der Waals surface area contributed by atoms with Gasteiger partial charge in [-0.1, -0.05) is 19.3 Å². The van der Waals surface area contributed by atoms with Crippen molar-refractivity contribution in [1.29, 1.82) is 0 Å². The summed E-state index contributed by atoms with van der Waals surface area (Å²) in [5.41, 5.74) is 0.878. The Morgan fingerprint density at radius 1 is 1.40 bits per heavy atom. The summed E-state index contributed by atoms with van der Waals surface area (Å²) < 4.78 is 2.83. The SMILES string of the molecule is O=C(O)c1cn(C2CCCCC2)nc1-c1cc(Br)cs1. The molecule has 0 amide bonds. The second-order valence-electron chi connectivity index (χ2n) is 5.10. The van der Waals surface area contributed by atoms with Crippen LogP contribution in [-0.4, -0.2) is 20.9 Å². The van der Waals surface area contributed by atoms with Crippen LogP contribution in [0.3, 0.4) is 0 Å². The van der Waals surface area contributed by atoms with E-state index in [4.69, 9.17) is 0 Å². The predicted molar refractivity (Wildman–Crippen MR) is 82.3 cm³/mol. The number of aromatic nitrogens is 2. The third-order valence-corrected chi connectivity index (χ3v) is 5.41. The zero-order valence-corrected chi connectivity index (χ0v) is 13.3. The van der Waals surface area contributed by atoms with Crippen LogP contribution >= 0.6 is 27.3 Å². The van der Waals surface area contributed by atoms with Crippen LogP contribution in [0.1, 0.15) is 48.5 Å². The van der Waals surface area contributed by atoms with E-state index in [0.717, 1.165) is 22.2 Å². The Hall–Kier alpha value is -1.14. The maximum atomic E-state index is 11.4. The molecule has 2 aromatic rings. The van der Waals surface area contributed by atoms with E-state index >= 15 is 0 Å². The Morgan fingerprint density at radius 3 is 2.75 bits per heavy atom. The Balaban J connectivity index is 2.00. The van der Waals surface area contributed by atoms with Gasteiger partial charge in [-0.15, -0.1) is 11.3 Å². The minimum atomic E-state index is -0.911. The van der Waals surface area contributed by atoms with Crippen LogP contribution in [0.5, 0.6) is 0 Å². The molecule has 0 bridgehead atoms. The van der Waals surface area contributed by atoms with E-state index in [0.29, 0.717) is 17.3 Å². The summed E-state index contributed by atoms with van der Waals surface area (Å²) >= 11 is 4.91. The van der Waals surface area contributed by atoms with Crippen molar-refractivity contribution in [1.82, 2.24) is 9.78 Å². The van der Waals surface area contributed by atoms with Crippen molar-refractivity contribution >= 4 is 33.2 Å². The van der Waals surface area contributed by atoms with E-state index < -0.39 is 5.97 Å². The van der Waals surface area contributed by atoms with Crippen LogP contribution in [0.2, 0.25) is 0 Å². The van der Waals surface area contributed by atoms with Gasteiger partial charge in [0.25, 0.3) is 0 Å². The largest absolute Gasteiger partial charge is 0.478 e. The smallest absolute Gasteiger partial charge is 0.339 e. The first-order chi connectivity index (χ1) is 9.65. The van der Waals surface area contributed by atoms with Crippen molar-refractivity contribution in [3.05, 3.63) is 27.7 Å². The fourth-order valence-electron chi connectivity index (χ4n) is 2.70. The van der Waals surface area contributed by atoms with Gasteiger partial charge in [0.1, 0.15) is 11.3 Å². The normalized spacial score (nSPS) is 16.4. The summed E-state index contributed by atoms with van der Waals surface area (Å²) in [7, 11) is 0. The van der Waals surface area contributed by atoms with Gasteiger partial charge in [-0.2, -0.15) is 5.10 Å². The van der Waals surface area contributed by atoms with E-state index in [2.05, 4.69) is 21.0 Å². The number of carbonyl (C=O) groups is 1. The van der Waals surface area contributed by atoms with E-state index in [-0.39, 0.29) is 0 Å². The van der Waals surface area contributed by atoms with Crippen molar-refractivity contribution in [2.24, 2.45) is 0 Å². The van der Waals surface area contributed by atoms with Crippen molar-refractivity contribution in [3.63, 3.8) is 0 Å². The molecule has 106 valence electrons. The average molecular weight is 355 g/mol. The van der Waals surface area contributed by atoms with Gasteiger partial charge < -0.3 is 5.11 Å². The van der Waals surface area contributed by atoms with Crippen LogP contribution in [-0.2, 0) is 0 Å². The highest BCUT2D eigenvalue weighted by atomic mass is 79.9. The molecule has 2 aromatic heterocycles. The molecule has 0 aromatic carbocycles. The molecule has 1 aliphatic rings. The number of rotatable bonds is 3. The second kappa shape index (κ2) is 5.69. The van der Waals surface area contributed by atoms with Crippen molar-refractivity contribution in [2.75, 3.05) is 0 Å². The first kappa shape index (κ1) is 13.8. The third-order valence-electron chi connectivity index (χ3n) is 3.71. The number of aromatic carboxylic acids is 1. The van der Waals surface area contributed by atoms with Crippen molar-refractivity contribution < 1.29 is 9.90 Å². The van der Waals surface area contributed by atoms with E-state index in [1.54, 1.807) is 6.20 Å². The van der Waals surface area contributed by atoms with Gasteiger partial charge >= 0.3 is 5.97 Å². The van der Waals surface area contributed by atoms with Gasteiger partial charge in [0.05, 0.1) is 10.9 Å². The molecule has 0 aliphatic heterocycles. The number of nitrogens with zero attached hydrogens (tertiary/aromatic N) is 2. The van der Waals surface area contributed by atoms with Crippen LogP contribution in [0.25, 0.3) is 10.6 Å². The lowest BCUT2D eigenvalue weighted by Crippen LogP contribution is -2.13. The Labute approximate surface area is 129 Å². The molecule has 0 unspecified atom stereocenters. The van der Waals surface area contributed by atoms with E-state index in [1.807, 2.05) is 16.1 Å². The molecule has 6 heteroatoms. The molecule has 20 heavy (non-hydrogen) atoms. The van der Waals surface area contributed by atoms with Crippen molar-refractivity contribution in [2.45, 2.75) is 38.1 Å². The number of halogens is 1. The number of thiophene rings is 1. The monoisotopic (exact) mass is 354 g/mol. The quantitative estimate of drug-likeness (QED) is 0.877. The molecule has 0 radical (unpaired) electrons. The highest BCUT2D eigenvalue weighted by Crippen LogP contribution is 2.34. The summed E-state index contributed by atoms with van der Waals surface area (Å²) in [5.74, 6) is -0.911. The van der Waals surface area contributed by atoms with Gasteiger partial charge in [-0.05, 0) is 34.8 Å². The number of hydrogen-bond donors (Lipinski definition) is 1. The fraction of sp³-hybridized carbons (Fsp3) is 0.429. The van der Waals surface area contributed by atoms with Crippen LogP contribution < -0.4 is 0 Å². The highest BCUT2D eigenvalue weighted by molar-refractivity contribution is 9.10. The number of carboxylic acid groups (broad SMARTS) is 1. The summed E-state index contributed by atoms with van der Waals surface area (Å²) in [5, 5.41) is 15.9. The zero-order chi connectivity index (χ0) is 14.1. The Morgan fingerprint density at radius 2 is 2.15 bits per heavy atom. The summed E-state index contributed by atoms with van der Waals surface area (Å²) in [4.78, 5) is 12.3. The Bertz CT molecular complexity index is 629. The molecule has 0 spiro atoms. The lowest BCUT2D eigenvalue weighted by atomic mass is 9.96. The maximum absolute atomic E-state index is 11.4. The molecule has 1 fully saturated rings. The summed E-state index contributed by atoms with van der Waals surface area (Å²) in [6.07, 6.45) is 7.55. The van der Waals surface area contributed by atoms with Crippen LogP contribution in [0, 0.1) is 0 Å². The average Bonchev–Trinajstić information content (AvgIpc) is 3.05. The lowest BCUT2D eigenvalue weighted by Gasteiger charge is -2.21. The molecule has 0 saturated heterocycles. The molecule has 4 nitrogen and oxygen atoms in total. The standard InChI is InChI=1S/C14H15BrN2O2S/c15-9-6-12(20-8-9)13-11(14(18)19)7-17(16-13)10-4-2-1-3-5-10/h6-8,10H,1-5H2,(H,18,19). The fourth-order valence-corrected chi connectivity index (χ4v) is 4.13. The minimum absolute atomic E-state index is 0.296.